The zero-order valence-electron chi connectivity index (χ0n) is 12.9. The van der Waals surface area contributed by atoms with Gasteiger partial charge in [0.15, 0.2) is 0 Å². The zero-order valence-corrected chi connectivity index (χ0v) is 12.9. The van der Waals surface area contributed by atoms with Gasteiger partial charge in [-0.2, -0.15) is 0 Å². The molecular weight excluding hydrogens is 272 g/mol. The van der Waals surface area contributed by atoms with Crippen LogP contribution < -0.4 is 0 Å². The van der Waals surface area contributed by atoms with Crippen LogP contribution in [0.2, 0.25) is 0 Å². The lowest BCUT2D eigenvalue weighted by Gasteiger charge is -2.17. The second-order valence-electron chi connectivity index (χ2n) is 5.59. The summed E-state index contributed by atoms with van der Waals surface area (Å²) in [6.45, 7) is 4.80. The maximum Gasteiger partial charge on any atom is 0.142 e. The Labute approximate surface area is 130 Å². The Hall–Kier alpha value is -2.39. The Morgan fingerprint density at radius 2 is 1.82 bits per heavy atom. The van der Waals surface area contributed by atoms with Crippen LogP contribution in [0.25, 0.3) is 0 Å². The van der Waals surface area contributed by atoms with Crippen molar-refractivity contribution in [3.8, 4) is 0 Å². The van der Waals surface area contributed by atoms with Crippen molar-refractivity contribution in [1.29, 1.82) is 0 Å². The van der Waals surface area contributed by atoms with Crippen molar-refractivity contribution in [2.45, 2.75) is 26.5 Å². The molecule has 0 fully saturated rings. The highest BCUT2D eigenvalue weighted by Crippen LogP contribution is 2.25. The van der Waals surface area contributed by atoms with E-state index in [2.05, 4.69) is 30.1 Å². The van der Waals surface area contributed by atoms with E-state index in [4.69, 9.17) is 0 Å². The summed E-state index contributed by atoms with van der Waals surface area (Å²) in [5, 5.41) is 10.8. The van der Waals surface area contributed by atoms with Crippen LogP contribution in [0.5, 0.6) is 0 Å². The molecule has 0 aliphatic carbocycles. The average molecular weight is 292 g/mol. The highest BCUT2D eigenvalue weighted by molar-refractivity contribution is 5.37. The van der Waals surface area contributed by atoms with Crippen LogP contribution in [0.4, 0.5) is 0 Å². The molecule has 3 heteroatoms. The van der Waals surface area contributed by atoms with Crippen molar-refractivity contribution in [3.63, 3.8) is 0 Å². The predicted molar refractivity (Wildman–Crippen MR) is 87.7 cm³/mol. The molecule has 0 amide bonds. The van der Waals surface area contributed by atoms with Crippen LogP contribution in [0.1, 0.15) is 34.2 Å². The summed E-state index contributed by atoms with van der Waals surface area (Å²) < 4.78 is 2.00. The second-order valence-corrected chi connectivity index (χ2v) is 5.59. The van der Waals surface area contributed by atoms with Gasteiger partial charge in [-0.25, -0.2) is 4.98 Å². The van der Waals surface area contributed by atoms with Crippen molar-refractivity contribution >= 4 is 0 Å². The van der Waals surface area contributed by atoms with Crippen molar-refractivity contribution in [2.24, 2.45) is 0 Å². The molecule has 0 aliphatic heterocycles. The molecule has 2 aromatic carbocycles. The van der Waals surface area contributed by atoms with Crippen LogP contribution >= 0.6 is 0 Å². The molecule has 112 valence electrons. The van der Waals surface area contributed by atoms with Gasteiger partial charge in [0, 0.05) is 18.9 Å². The normalized spacial score (nSPS) is 12.3. The van der Waals surface area contributed by atoms with Crippen molar-refractivity contribution < 1.29 is 5.11 Å². The largest absolute Gasteiger partial charge is 0.380 e. The Bertz CT molecular complexity index is 762. The Morgan fingerprint density at radius 1 is 1.05 bits per heavy atom. The smallest absolute Gasteiger partial charge is 0.142 e. The van der Waals surface area contributed by atoms with Gasteiger partial charge in [0.25, 0.3) is 0 Å². The fraction of sp³-hybridized carbons (Fsp3) is 0.211. The lowest BCUT2D eigenvalue weighted by Crippen LogP contribution is -2.12. The summed E-state index contributed by atoms with van der Waals surface area (Å²) >= 11 is 0. The third-order valence-electron chi connectivity index (χ3n) is 4.13. The van der Waals surface area contributed by atoms with Crippen molar-refractivity contribution in [3.05, 3.63) is 89.0 Å². The lowest BCUT2D eigenvalue weighted by molar-refractivity contribution is 0.204. The molecule has 0 radical (unpaired) electrons. The fourth-order valence-corrected chi connectivity index (χ4v) is 2.69. The van der Waals surface area contributed by atoms with E-state index in [-0.39, 0.29) is 0 Å². The van der Waals surface area contributed by atoms with Gasteiger partial charge in [0.05, 0.1) is 0 Å². The molecule has 3 rings (SSSR count). The minimum atomic E-state index is -0.710. The molecule has 0 spiro atoms. The monoisotopic (exact) mass is 292 g/mol. The van der Waals surface area contributed by atoms with Crippen LogP contribution in [0, 0.1) is 13.8 Å². The standard InChI is InChI=1S/C19H20N2O/c1-14-7-6-10-17(15(14)2)18(22)19-20-11-12-21(19)13-16-8-4-3-5-9-16/h3-12,18,22H,13H2,1-2H3. The van der Waals surface area contributed by atoms with Gasteiger partial charge in [-0.15, -0.1) is 0 Å². The van der Waals surface area contributed by atoms with Gasteiger partial charge < -0.3 is 9.67 Å². The number of aryl methyl sites for hydroxylation is 1. The van der Waals surface area contributed by atoms with Gasteiger partial charge in [0.1, 0.15) is 11.9 Å². The molecule has 1 heterocycles. The quantitative estimate of drug-likeness (QED) is 0.797. The number of rotatable bonds is 4. The topological polar surface area (TPSA) is 38.1 Å². The number of nitrogens with zero attached hydrogens (tertiary/aromatic N) is 2. The third kappa shape index (κ3) is 2.81. The number of aromatic nitrogens is 2. The van der Waals surface area contributed by atoms with E-state index in [1.807, 2.05) is 48.0 Å². The second kappa shape index (κ2) is 6.16. The minimum absolute atomic E-state index is 0.678. The summed E-state index contributed by atoms with van der Waals surface area (Å²) in [7, 11) is 0. The fourth-order valence-electron chi connectivity index (χ4n) is 2.69. The Morgan fingerprint density at radius 3 is 2.59 bits per heavy atom. The SMILES string of the molecule is Cc1cccc(C(O)c2nccn2Cc2ccccc2)c1C. The van der Waals surface area contributed by atoms with E-state index < -0.39 is 6.10 Å². The highest BCUT2D eigenvalue weighted by Gasteiger charge is 2.18. The summed E-state index contributed by atoms with van der Waals surface area (Å²) in [5.74, 6) is 0.678. The summed E-state index contributed by atoms with van der Waals surface area (Å²) in [6, 6.07) is 16.2. The van der Waals surface area contributed by atoms with Crippen LogP contribution in [0.15, 0.2) is 60.9 Å². The van der Waals surface area contributed by atoms with Gasteiger partial charge in [0.2, 0.25) is 0 Å². The van der Waals surface area contributed by atoms with Crippen LogP contribution in [-0.2, 0) is 6.54 Å². The first-order valence-corrected chi connectivity index (χ1v) is 7.46. The first-order chi connectivity index (χ1) is 10.7. The maximum atomic E-state index is 10.8. The number of imidazole rings is 1. The van der Waals surface area contributed by atoms with E-state index in [0.717, 1.165) is 11.1 Å². The van der Waals surface area contributed by atoms with Crippen LogP contribution in [-0.4, -0.2) is 14.7 Å². The van der Waals surface area contributed by atoms with E-state index in [9.17, 15) is 5.11 Å². The van der Waals surface area contributed by atoms with E-state index in [0.29, 0.717) is 12.4 Å². The molecule has 1 N–H and O–H groups in total. The van der Waals surface area contributed by atoms with E-state index >= 15 is 0 Å². The molecule has 1 atom stereocenters. The molecular formula is C19H20N2O. The van der Waals surface area contributed by atoms with Crippen molar-refractivity contribution in [2.75, 3.05) is 0 Å². The highest BCUT2D eigenvalue weighted by atomic mass is 16.3. The molecule has 1 unspecified atom stereocenters. The number of aliphatic hydroxyl groups is 1. The first kappa shape index (κ1) is 14.5. The lowest BCUT2D eigenvalue weighted by atomic mass is 9.99. The summed E-state index contributed by atoms with van der Waals surface area (Å²) in [4.78, 5) is 4.37. The summed E-state index contributed by atoms with van der Waals surface area (Å²) in [6.07, 6.45) is 2.95. The van der Waals surface area contributed by atoms with Crippen molar-refractivity contribution in [1.82, 2.24) is 9.55 Å². The molecule has 0 aliphatic rings. The zero-order chi connectivity index (χ0) is 15.5. The summed E-state index contributed by atoms with van der Waals surface area (Å²) in [5.41, 5.74) is 4.40. The van der Waals surface area contributed by atoms with E-state index in [1.165, 1.54) is 11.1 Å². The van der Waals surface area contributed by atoms with E-state index in [1.54, 1.807) is 6.20 Å². The Kier molecular flexibility index (Phi) is 4.07. The third-order valence-corrected chi connectivity index (χ3v) is 4.13. The Balaban J connectivity index is 1.93. The maximum absolute atomic E-state index is 10.8. The average Bonchev–Trinajstić information content (AvgIpc) is 2.98. The molecule has 3 aromatic rings. The molecule has 0 saturated heterocycles. The molecule has 0 bridgehead atoms. The number of aliphatic hydroxyl groups excluding tert-OH is 1. The molecule has 1 aromatic heterocycles. The molecule has 0 saturated carbocycles. The van der Waals surface area contributed by atoms with Gasteiger partial charge >= 0.3 is 0 Å². The first-order valence-electron chi connectivity index (χ1n) is 7.46. The van der Waals surface area contributed by atoms with Gasteiger partial charge in [-0.3, -0.25) is 0 Å². The molecule has 3 nitrogen and oxygen atoms in total. The molecule has 22 heavy (non-hydrogen) atoms. The number of hydrogen-bond acceptors (Lipinski definition) is 2. The van der Waals surface area contributed by atoms with Gasteiger partial charge in [-0.1, -0.05) is 48.5 Å². The van der Waals surface area contributed by atoms with Crippen LogP contribution in [0.3, 0.4) is 0 Å². The predicted octanol–water partition coefficient (Wildman–Crippen LogP) is 3.63. The number of benzene rings is 2. The minimum Gasteiger partial charge on any atom is -0.380 e. The number of hydrogen-bond donors (Lipinski definition) is 1. The van der Waals surface area contributed by atoms with Gasteiger partial charge in [-0.05, 0) is 36.1 Å².